The van der Waals surface area contributed by atoms with Gasteiger partial charge in [-0.3, -0.25) is 9.48 Å². The number of aryl methyl sites for hydroxylation is 1. The SMILES string of the molecule is Cc1nn(Cc2ccccc2)c(C)c1C(=O)N[C@@H](C)c1ccccc1. The number of carbonyl (C=O) groups is 1. The summed E-state index contributed by atoms with van der Waals surface area (Å²) < 4.78 is 1.90. The Balaban J connectivity index is 1.79. The minimum Gasteiger partial charge on any atom is -0.345 e. The predicted octanol–water partition coefficient (Wildman–Crippen LogP) is 4.04. The molecule has 0 bridgehead atoms. The molecule has 0 radical (unpaired) electrons. The van der Waals surface area contributed by atoms with Gasteiger partial charge in [0.25, 0.3) is 5.91 Å². The van der Waals surface area contributed by atoms with E-state index in [1.165, 1.54) is 0 Å². The second-order valence-electron chi connectivity index (χ2n) is 6.29. The maximum atomic E-state index is 12.8. The molecule has 0 aliphatic heterocycles. The lowest BCUT2D eigenvalue weighted by Gasteiger charge is -2.14. The van der Waals surface area contributed by atoms with E-state index in [0.29, 0.717) is 12.1 Å². The van der Waals surface area contributed by atoms with Gasteiger partial charge in [-0.05, 0) is 31.9 Å². The minimum absolute atomic E-state index is 0.0510. The first-order valence-electron chi connectivity index (χ1n) is 8.50. The van der Waals surface area contributed by atoms with Gasteiger partial charge in [0.05, 0.1) is 23.8 Å². The van der Waals surface area contributed by atoms with E-state index < -0.39 is 0 Å². The number of hydrogen-bond donors (Lipinski definition) is 1. The van der Waals surface area contributed by atoms with Gasteiger partial charge in [-0.2, -0.15) is 5.10 Å². The summed E-state index contributed by atoms with van der Waals surface area (Å²) in [5, 5.41) is 7.64. The summed E-state index contributed by atoms with van der Waals surface area (Å²) in [5.74, 6) is -0.0781. The van der Waals surface area contributed by atoms with Crippen LogP contribution in [0.15, 0.2) is 60.7 Å². The Morgan fingerprint density at radius 3 is 2.28 bits per heavy atom. The molecule has 0 saturated carbocycles. The van der Waals surface area contributed by atoms with E-state index in [0.717, 1.165) is 22.5 Å². The summed E-state index contributed by atoms with van der Waals surface area (Å²) in [6.45, 7) is 6.49. The lowest BCUT2D eigenvalue weighted by atomic mass is 10.1. The quantitative estimate of drug-likeness (QED) is 0.766. The Morgan fingerprint density at radius 2 is 1.64 bits per heavy atom. The van der Waals surface area contributed by atoms with Crippen LogP contribution in [0.5, 0.6) is 0 Å². The highest BCUT2D eigenvalue weighted by atomic mass is 16.1. The second-order valence-corrected chi connectivity index (χ2v) is 6.29. The average molecular weight is 333 g/mol. The third-order valence-electron chi connectivity index (χ3n) is 4.43. The largest absolute Gasteiger partial charge is 0.345 e. The molecule has 0 unspecified atom stereocenters. The maximum absolute atomic E-state index is 12.8. The smallest absolute Gasteiger partial charge is 0.255 e. The highest BCUT2D eigenvalue weighted by Gasteiger charge is 2.20. The van der Waals surface area contributed by atoms with Crippen molar-refractivity contribution < 1.29 is 4.79 Å². The van der Waals surface area contributed by atoms with Crippen LogP contribution in [-0.4, -0.2) is 15.7 Å². The predicted molar refractivity (Wildman–Crippen MR) is 99.6 cm³/mol. The van der Waals surface area contributed by atoms with Gasteiger partial charge in [0, 0.05) is 5.69 Å². The molecule has 1 heterocycles. The molecule has 0 aliphatic rings. The van der Waals surface area contributed by atoms with Crippen molar-refractivity contribution in [1.29, 1.82) is 0 Å². The maximum Gasteiger partial charge on any atom is 0.255 e. The molecule has 3 aromatic rings. The molecule has 0 aliphatic carbocycles. The molecular formula is C21H23N3O. The van der Waals surface area contributed by atoms with E-state index >= 15 is 0 Å². The summed E-state index contributed by atoms with van der Waals surface area (Å²) in [6, 6.07) is 20.1. The first-order chi connectivity index (χ1) is 12.1. The third kappa shape index (κ3) is 3.79. The number of benzene rings is 2. The number of hydrogen-bond acceptors (Lipinski definition) is 2. The Kier molecular flexibility index (Phi) is 4.98. The van der Waals surface area contributed by atoms with Crippen molar-refractivity contribution in [3.63, 3.8) is 0 Å². The Hall–Kier alpha value is -2.88. The van der Waals surface area contributed by atoms with E-state index in [1.807, 2.05) is 74.0 Å². The Labute approximate surface area is 148 Å². The van der Waals surface area contributed by atoms with Crippen molar-refractivity contribution in [2.24, 2.45) is 0 Å². The Bertz CT molecular complexity index is 854. The average Bonchev–Trinajstić information content (AvgIpc) is 2.90. The van der Waals surface area contributed by atoms with Crippen molar-refractivity contribution in [1.82, 2.24) is 15.1 Å². The molecule has 128 valence electrons. The zero-order chi connectivity index (χ0) is 17.8. The van der Waals surface area contributed by atoms with Crippen molar-refractivity contribution in [3.05, 3.63) is 88.7 Å². The van der Waals surface area contributed by atoms with Gasteiger partial charge in [-0.15, -0.1) is 0 Å². The van der Waals surface area contributed by atoms with Crippen LogP contribution in [0.25, 0.3) is 0 Å². The number of rotatable bonds is 5. The minimum atomic E-state index is -0.0781. The van der Waals surface area contributed by atoms with Gasteiger partial charge >= 0.3 is 0 Å². The fourth-order valence-electron chi connectivity index (χ4n) is 3.03. The second kappa shape index (κ2) is 7.34. The first kappa shape index (κ1) is 17.0. The molecule has 1 atom stereocenters. The van der Waals surface area contributed by atoms with Gasteiger partial charge in [0.2, 0.25) is 0 Å². The van der Waals surface area contributed by atoms with Crippen LogP contribution < -0.4 is 5.32 Å². The van der Waals surface area contributed by atoms with Crippen LogP contribution in [0.4, 0.5) is 0 Å². The van der Waals surface area contributed by atoms with Crippen LogP contribution in [0.2, 0.25) is 0 Å². The lowest BCUT2D eigenvalue weighted by molar-refractivity contribution is 0.0938. The van der Waals surface area contributed by atoms with Crippen LogP contribution >= 0.6 is 0 Å². The summed E-state index contributed by atoms with van der Waals surface area (Å²) in [5.41, 5.74) is 4.56. The van der Waals surface area contributed by atoms with Crippen LogP contribution in [0.1, 0.15) is 45.8 Å². The van der Waals surface area contributed by atoms with Crippen LogP contribution in [-0.2, 0) is 6.54 Å². The van der Waals surface area contributed by atoms with Gasteiger partial charge in [0.1, 0.15) is 0 Å². The molecule has 4 nitrogen and oxygen atoms in total. The van der Waals surface area contributed by atoms with E-state index in [2.05, 4.69) is 22.5 Å². The Morgan fingerprint density at radius 1 is 1.04 bits per heavy atom. The third-order valence-corrected chi connectivity index (χ3v) is 4.43. The van der Waals surface area contributed by atoms with E-state index in [4.69, 9.17) is 0 Å². The van der Waals surface area contributed by atoms with E-state index in [9.17, 15) is 4.79 Å². The molecule has 2 aromatic carbocycles. The molecule has 0 fully saturated rings. The fraction of sp³-hybridized carbons (Fsp3) is 0.238. The van der Waals surface area contributed by atoms with Crippen molar-refractivity contribution in [2.45, 2.75) is 33.4 Å². The number of carbonyl (C=O) groups excluding carboxylic acids is 1. The molecule has 1 amide bonds. The number of aromatic nitrogens is 2. The highest BCUT2D eigenvalue weighted by molar-refractivity contribution is 5.96. The number of nitrogens with one attached hydrogen (secondary N) is 1. The summed E-state index contributed by atoms with van der Waals surface area (Å²) in [6.07, 6.45) is 0. The summed E-state index contributed by atoms with van der Waals surface area (Å²) in [7, 11) is 0. The molecule has 1 aromatic heterocycles. The molecule has 0 saturated heterocycles. The zero-order valence-corrected chi connectivity index (χ0v) is 14.9. The standard InChI is InChI=1S/C21H23N3O/c1-15(19-12-8-5-9-13-19)22-21(25)20-16(2)23-24(17(20)3)14-18-10-6-4-7-11-18/h4-13,15H,14H2,1-3H3,(H,22,25)/t15-/m0/s1. The van der Waals surface area contributed by atoms with E-state index in [1.54, 1.807) is 0 Å². The summed E-state index contributed by atoms with van der Waals surface area (Å²) in [4.78, 5) is 12.8. The van der Waals surface area contributed by atoms with E-state index in [-0.39, 0.29) is 11.9 Å². The zero-order valence-electron chi connectivity index (χ0n) is 14.9. The first-order valence-corrected chi connectivity index (χ1v) is 8.50. The molecule has 0 spiro atoms. The molecular weight excluding hydrogens is 310 g/mol. The summed E-state index contributed by atoms with van der Waals surface area (Å²) >= 11 is 0. The molecule has 1 N–H and O–H groups in total. The number of nitrogens with zero attached hydrogens (tertiary/aromatic N) is 2. The lowest BCUT2D eigenvalue weighted by Crippen LogP contribution is -2.27. The number of amides is 1. The molecule has 3 rings (SSSR count). The van der Waals surface area contributed by atoms with Gasteiger partial charge < -0.3 is 5.32 Å². The molecule has 25 heavy (non-hydrogen) atoms. The van der Waals surface area contributed by atoms with Gasteiger partial charge in [0.15, 0.2) is 0 Å². The highest BCUT2D eigenvalue weighted by Crippen LogP contribution is 2.17. The van der Waals surface area contributed by atoms with Crippen molar-refractivity contribution in [2.75, 3.05) is 0 Å². The van der Waals surface area contributed by atoms with Gasteiger partial charge in [-0.1, -0.05) is 60.7 Å². The van der Waals surface area contributed by atoms with Gasteiger partial charge in [-0.25, -0.2) is 0 Å². The monoisotopic (exact) mass is 333 g/mol. The van der Waals surface area contributed by atoms with Crippen molar-refractivity contribution >= 4 is 5.91 Å². The fourth-order valence-corrected chi connectivity index (χ4v) is 3.03. The topological polar surface area (TPSA) is 46.9 Å². The van der Waals surface area contributed by atoms with Crippen molar-refractivity contribution in [3.8, 4) is 0 Å². The van der Waals surface area contributed by atoms with Crippen LogP contribution in [0.3, 0.4) is 0 Å². The van der Waals surface area contributed by atoms with Crippen LogP contribution in [0, 0.1) is 13.8 Å². The normalized spacial score (nSPS) is 12.0. The molecule has 4 heteroatoms.